The molecule has 1 fully saturated rings. The van der Waals surface area contributed by atoms with E-state index in [-0.39, 0.29) is 17.9 Å². The van der Waals surface area contributed by atoms with E-state index >= 15 is 0 Å². The predicted molar refractivity (Wildman–Crippen MR) is 136 cm³/mol. The Balaban J connectivity index is 1.61. The van der Waals surface area contributed by atoms with E-state index in [1.807, 2.05) is 48.2 Å². The Morgan fingerprint density at radius 2 is 1.91 bits per heavy atom. The van der Waals surface area contributed by atoms with Crippen molar-refractivity contribution in [3.8, 4) is 11.3 Å². The fourth-order valence-electron chi connectivity index (χ4n) is 4.18. The first-order chi connectivity index (χ1) is 15.9. The third-order valence-electron chi connectivity index (χ3n) is 5.83. The van der Waals surface area contributed by atoms with E-state index in [2.05, 4.69) is 38.4 Å². The van der Waals surface area contributed by atoms with Gasteiger partial charge in [0.05, 0.1) is 11.7 Å². The number of nitrogens with one attached hydrogen (secondary N) is 1. The van der Waals surface area contributed by atoms with Crippen molar-refractivity contribution in [3.63, 3.8) is 0 Å². The molecule has 0 radical (unpaired) electrons. The van der Waals surface area contributed by atoms with Gasteiger partial charge >= 0.3 is 0 Å². The lowest BCUT2D eigenvalue weighted by Gasteiger charge is -2.26. The fourth-order valence-corrected chi connectivity index (χ4v) is 5.21. The Morgan fingerprint density at radius 1 is 1.06 bits per heavy atom. The number of hydrogen-bond donors (Lipinski definition) is 1. The Hall–Kier alpha value is -3.03. The minimum absolute atomic E-state index is 0.232. The Kier molecular flexibility index (Phi) is 5.76. The molecule has 4 nitrogen and oxygen atoms in total. The van der Waals surface area contributed by atoms with E-state index in [4.69, 9.17) is 16.6 Å². The van der Waals surface area contributed by atoms with E-state index in [1.54, 1.807) is 25.3 Å². The minimum atomic E-state index is -0.296. The van der Waals surface area contributed by atoms with Crippen LogP contribution in [0.4, 0.5) is 10.1 Å². The molecule has 1 saturated heterocycles. The van der Waals surface area contributed by atoms with Crippen molar-refractivity contribution in [2.75, 3.05) is 4.90 Å². The summed E-state index contributed by atoms with van der Waals surface area (Å²) in [6.07, 6.45) is 1.76. The molecule has 5 rings (SSSR count). The van der Waals surface area contributed by atoms with Crippen LogP contribution < -0.4 is 10.2 Å². The first kappa shape index (κ1) is 21.8. The Bertz CT molecular complexity index is 1340. The predicted octanol–water partition coefficient (Wildman–Crippen LogP) is 7.04. The number of aryl methyl sites for hydroxylation is 2. The van der Waals surface area contributed by atoms with Gasteiger partial charge < -0.3 is 14.6 Å². The van der Waals surface area contributed by atoms with Gasteiger partial charge in [0.2, 0.25) is 0 Å². The summed E-state index contributed by atoms with van der Waals surface area (Å²) in [6, 6.07) is 20.4. The molecule has 4 aromatic rings. The highest BCUT2D eigenvalue weighted by Crippen LogP contribution is 2.43. The zero-order valence-corrected chi connectivity index (χ0v) is 20.5. The second-order valence-corrected chi connectivity index (χ2v) is 9.36. The molecular weight excluding hydrogens is 501 g/mol. The Morgan fingerprint density at radius 3 is 2.64 bits per heavy atom. The largest absolute Gasteiger partial charge is 0.459 e. The van der Waals surface area contributed by atoms with Gasteiger partial charge in [0.25, 0.3) is 0 Å². The number of furan rings is 1. The molecule has 2 atom stereocenters. The average Bonchev–Trinajstić information content (AvgIpc) is 3.41. The number of benzene rings is 2. The van der Waals surface area contributed by atoms with E-state index in [0.717, 1.165) is 38.5 Å². The summed E-state index contributed by atoms with van der Waals surface area (Å²) in [5, 5.41) is 3.94. The molecule has 33 heavy (non-hydrogen) atoms. The van der Waals surface area contributed by atoms with Crippen molar-refractivity contribution >= 4 is 38.9 Å². The molecule has 1 aliphatic rings. The SMILES string of the molecule is Cc1ccc(-c2ccc([C@@H]3[C@@H](c4ccccn4)NC(=S)N3c3ccc(F)c(C)c3)o2)c(Br)c1. The number of hydrogen-bond acceptors (Lipinski definition) is 3. The van der Waals surface area contributed by atoms with Gasteiger partial charge in [0.1, 0.15) is 23.4 Å². The van der Waals surface area contributed by atoms with Crippen LogP contribution in [0.2, 0.25) is 0 Å². The van der Waals surface area contributed by atoms with Crippen LogP contribution in [0.1, 0.15) is 34.7 Å². The van der Waals surface area contributed by atoms with Gasteiger partial charge in [-0.1, -0.05) is 28.1 Å². The molecule has 166 valence electrons. The van der Waals surface area contributed by atoms with Crippen molar-refractivity contribution in [1.82, 2.24) is 10.3 Å². The molecule has 0 bridgehead atoms. The first-order valence-corrected chi connectivity index (χ1v) is 11.8. The molecule has 0 unspecified atom stereocenters. The zero-order chi connectivity index (χ0) is 23.1. The van der Waals surface area contributed by atoms with E-state index in [1.165, 1.54) is 6.07 Å². The van der Waals surface area contributed by atoms with E-state index < -0.39 is 0 Å². The topological polar surface area (TPSA) is 41.3 Å². The van der Waals surface area contributed by atoms with Gasteiger partial charge in [-0.2, -0.15) is 0 Å². The van der Waals surface area contributed by atoms with Crippen LogP contribution >= 0.6 is 28.1 Å². The van der Waals surface area contributed by atoms with E-state index in [0.29, 0.717) is 10.7 Å². The van der Waals surface area contributed by atoms with Gasteiger partial charge in [-0.05, 0) is 91.8 Å². The molecule has 1 aliphatic heterocycles. The number of rotatable bonds is 4. The van der Waals surface area contributed by atoms with Crippen LogP contribution in [-0.4, -0.2) is 10.1 Å². The third kappa shape index (κ3) is 4.07. The van der Waals surface area contributed by atoms with Crippen molar-refractivity contribution < 1.29 is 8.81 Å². The molecule has 2 aromatic heterocycles. The molecule has 0 aliphatic carbocycles. The van der Waals surface area contributed by atoms with Crippen molar-refractivity contribution in [1.29, 1.82) is 0 Å². The van der Waals surface area contributed by atoms with Crippen LogP contribution in [-0.2, 0) is 0 Å². The maximum Gasteiger partial charge on any atom is 0.174 e. The van der Waals surface area contributed by atoms with Gasteiger partial charge in [-0.15, -0.1) is 0 Å². The molecule has 0 spiro atoms. The molecule has 7 heteroatoms. The lowest BCUT2D eigenvalue weighted by Crippen LogP contribution is -2.29. The highest BCUT2D eigenvalue weighted by Gasteiger charge is 2.42. The number of aromatic nitrogens is 1. The second kappa shape index (κ2) is 8.72. The van der Waals surface area contributed by atoms with Gasteiger partial charge in [0, 0.05) is 21.9 Å². The maximum atomic E-state index is 14.0. The molecule has 0 amide bonds. The summed E-state index contributed by atoms with van der Waals surface area (Å²) in [5.74, 6) is 1.24. The maximum absolute atomic E-state index is 14.0. The van der Waals surface area contributed by atoms with Crippen LogP contribution in [0.5, 0.6) is 0 Å². The molecule has 1 N–H and O–H groups in total. The van der Waals surface area contributed by atoms with Crippen molar-refractivity contribution in [2.24, 2.45) is 0 Å². The lowest BCUT2D eigenvalue weighted by atomic mass is 10.0. The number of thiocarbonyl (C=S) groups is 1. The second-order valence-electron chi connectivity index (χ2n) is 8.12. The highest BCUT2D eigenvalue weighted by atomic mass is 79.9. The van der Waals surface area contributed by atoms with E-state index in [9.17, 15) is 4.39 Å². The standard InChI is InChI=1S/C26H21BrFN3OS/c1-15-6-8-18(19(27)13-15)22-10-11-23(32-22)25-24(21-5-3-4-12-29-21)30-26(33)31(25)17-7-9-20(28)16(2)14-17/h3-14,24-25H,1-2H3,(H,30,33)/t24-,25-/m1/s1. The molecule has 2 aromatic carbocycles. The first-order valence-electron chi connectivity index (χ1n) is 10.6. The highest BCUT2D eigenvalue weighted by molar-refractivity contribution is 9.10. The van der Waals surface area contributed by atoms with Crippen LogP contribution in [0.3, 0.4) is 0 Å². The number of anilines is 1. The van der Waals surface area contributed by atoms with Gasteiger partial charge in [-0.25, -0.2) is 4.39 Å². The monoisotopic (exact) mass is 521 g/mol. The Labute approximate surface area is 205 Å². The number of nitrogens with zero attached hydrogens (tertiary/aromatic N) is 2. The summed E-state index contributed by atoms with van der Waals surface area (Å²) in [5.41, 5.74) is 4.33. The van der Waals surface area contributed by atoms with Crippen LogP contribution in [0.25, 0.3) is 11.3 Å². The van der Waals surface area contributed by atoms with Crippen LogP contribution in [0.15, 0.2) is 81.8 Å². The summed E-state index contributed by atoms with van der Waals surface area (Å²) in [4.78, 5) is 6.54. The summed E-state index contributed by atoms with van der Waals surface area (Å²) >= 11 is 9.38. The third-order valence-corrected chi connectivity index (χ3v) is 6.80. The summed E-state index contributed by atoms with van der Waals surface area (Å²) in [7, 11) is 0. The van der Waals surface area contributed by atoms with Crippen molar-refractivity contribution in [2.45, 2.75) is 25.9 Å². The number of halogens is 2. The number of pyridine rings is 1. The normalized spacial score (nSPS) is 17.9. The van der Waals surface area contributed by atoms with Crippen LogP contribution in [0, 0.1) is 19.7 Å². The van der Waals surface area contributed by atoms with Gasteiger partial charge in [-0.3, -0.25) is 4.98 Å². The van der Waals surface area contributed by atoms with Gasteiger partial charge in [0.15, 0.2) is 5.11 Å². The lowest BCUT2D eigenvalue weighted by molar-refractivity contribution is 0.439. The minimum Gasteiger partial charge on any atom is -0.459 e. The fraction of sp³-hybridized carbons (Fsp3) is 0.154. The van der Waals surface area contributed by atoms with Crippen molar-refractivity contribution in [3.05, 3.63) is 106 Å². The summed E-state index contributed by atoms with van der Waals surface area (Å²) < 4.78 is 21.4. The molecule has 3 heterocycles. The summed E-state index contributed by atoms with van der Waals surface area (Å²) in [6.45, 7) is 3.80. The average molecular weight is 522 g/mol. The molecular formula is C26H21BrFN3OS. The smallest absolute Gasteiger partial charge is 0.174 e. The quantitative estimate of drug-likeness (QED) is 0.291. The molecule has 0 saturated carbocycles. The zero-order valence-electron chi connectivity index (χ0n) is 18.0.